The molecule has 27 heavy (non-hydrogen) atoms. The van der Waals surface area contributed by atoms with Gasteiger partial charge < -0.3 is 9.88 Å². The summed E-state index contributed by atoms with van der Waals surface area (Å²) in [5.74, 6) is 0.348. The Kier molecular flexibility index (Phi) is 5.02. The van der Waals surface area contributed by atoms with Crippen LogP contribution >= 0.6 is 11.8 Å². The lowest BCUT2D eigenvalue weighted by atomic mass is 10.2. The van der Waals surface area contributed by atoms with Crippen LogP contribution < -0.4 is 0 Å². The smallest absolute Gasteiger partial charge is 0.233 e. The molecule has 0 saturated heterocycles. The average Bonchev–Trinajstić information content (AvgIpc) is 3.08. The number of amides is 1. The van der Waals surface area contributed by atoms with Crippen molar-refractivity contribution in [1.82, 2.24) is 25.1 Å². The first-order valence-corrected chi connectivity index (χ1v) is 9.79. The molecule has 0 unspecified atom stereocenters. The maximum Gasteiger partial charge on any atom is 0.233 e. The molecule has 4 aromatic rings. The first-order valence-electron chi connectivity index (χ1n) is 8.80. The number of carbonyl (C=O) groups excluding carboxylic acids is 1. The number of para-hydroxylation sites is 1. The Hall–Kier alpha value is -2.93. The largest absolute Gasteiger partial charge is 0.338 e. The fourth-order valence-corrected chi connectivity index (χ4v) is 3.65. The maximum atomic E-state index is 12.6. The Morgan fingerprint density at radius 3 is 2.67 bits per heavy atom. The fourth-order valence-electron chi connectivity index (χ4n) is 2.96. The van der Waals surface area contributed by atoms with Crippen molar-refractivity contribution < 1.29 is 4.79 Å². The van der Waals surface area contributed by atoms with Gasteiger partial charge in [-0.3, -0.25) is 4.79 Å². The monoisotopic (exact) mass is 377 g/mol. The van der Waals surface area contributed by atoms with Crippen LogP contribution in [0.25, 0.3) is 22.1 Å². The third kappa shape index (κ3) is 3.78. The molecule has 0 radical (unpaired) electrons. The lowest BCUT2D eigenvalue weighted by molar-refractivity contribution is -0.128. The Bertz CT molecular complexity index is 1080. The second-order valence-corrected chi connectivity index (χ2v) is 7.09. The predicted octanol–water partition coefficient (Wildman–Crippen LogP) is 3.65. The van der Waals surface area contributed by atoms with Gasteiger partial charge in [0.2, 0.25) is 11.1 Å². The average molecular weight is 377 g/mol. The maximum absolute atomic E-state index is 12.6. The normalized spacial score (nSPS) is 11.1. The van der Waals surface area contributed by atoms with Gasteiger partial charge in [0.1, 0.15) is 5.52 Å². The summed E-state index contributed by atoms with van der Waals surface area (Å²) < 4.78 is 0. The van der Waals surface area contributed by atoms with Gasteiger partial charge in [0.25, 0.3) is 0 Å². The minimum absolute atomic E-state index is 0.0618. The molecule has 0 aliphatic rings. The summed E-state index contributed by atoms with van der Waals surface area (Å²) in [6, 6.07) is 17.9. The number of fused-ring (bicyclic) bond motifs is 3. The van der Waals surface area contributed by atoms with Crippen molar-refractivity contribution in [1.29, 1.82) is 0 Å². The zero-order valence-electron chi connectivity index (χ0n) is 14.9. The first-order chi connectivity index (χ1) is 13.2. The van der Waals surface area contributed by atoms with Crippen LogP contribution in [0.4, 0.5) is 0 Å². The number of thioether (sulfide) groups is 1. The molecule has 2 aromatic carbocycles. The molecule has 1 N–H and O–H groups in total. The number of aromatic amines is 1. The highest BCUT2D eigenvalue weighted by molar-refractivity contribution is 7.99. The minimum atomic E-state index is 0.0618. The lowest BCUT2D eigenvalue weighted by Crippen LogP contribution is -2.31. The summed E-state index contributed by atoms with van der Waals surface area (Å²) in [7, 11) is 0. The van der Waals surface area contributed by atoms with Gasteiger partial charge in [0.15, 0.2) is 5.65 Å². The Morgan fingerprint density at radius 2 is 1.85 bits per heavy atom. The van der Waals surface area contributed by atoms with Gasteiger partial charge in [0.05, 0.1) is 5.75 Å². The molecule has 7 heteroatoms. The summed E-state index contributed by atoms with van der Waals surface area (Å²) in [4.78, 5) is 22.2. The van der Waals surface area contributed by atoms with Crippen LogP contribution in [-0.4, -0.2) is 43.3 Å². The van der Waals surface area contributed by atoms with E-state index < -0.39 is 0 Å². The fraction of sp³-hybridized carbons (Fsp3) is 0.200. The van der Waals surface area contributed by atoms with E-state index in [0.29, 0.717) is 23.9 Å². The quantitative estimate of drug-likeness (QED) is 0.519. The van der Waals surface area contributed by atoms with Crippen molar-refractivity contribution in [2.24, 2.45) is 0 Å². The van der Waals surface area contributed by atoms with Crippen molar-refractivity contribution >= 4 is 39.7 Å². The summed E-state index contributed by atoms with van der Waals surface area (Å²) in [6.45, 7) is 3.26. The van der Waals surface area contributed by atoms with Crippen LogP contribution in [0, 0.1) is 0 Å². The van der Waals surface area contributed by atoms with E-state index in [2.05, 4.69) is 20.2 Å². The van der Waals surface area contributed by atoms with Gasteiger partial charge in [-0.15, -0.1) is 10.2 Å². The number of nitrogens with one attached hydrogen (secondary N) is 1. The number of hydrogen-bond acceptors (Lipinski definition) is 5. The number of hydrogen-bond donors (Lipinski definition) is 1. The third-order valence-corrected chi connectivity index (χ3v) is 5.20. The van der Waals surface area contributed by atoms with Crippen molar-refractivity contribution in [2.75, 3.05) is 12.3 Å². The summed E-state index contributed by atoms with van der Waals surface area (Å²) in [5, 5.41) is 9.97. The van der Waals surface area contributed by atoms with Crippen molar-refractivity contribution in [3.8, 4) is 0 Å². The van der Waals surface area contributed by atoms with Crippen LogP contribution in [-0.2, 0) is 11.3 Å². The first kappa shape index (κ1) is 17.5. The van der Waals surface area contributed by atoms with Crippen LogP contribution in [0.2, 0.25) is 0 Å². The van der Waals surface area contributed by atoms with Crippen LogP contribution in [0.3, 0.4) is 0 Å². The molecule has 0 spiro atoms. The van der Waals surface area contributed by atoms with Gasteiger partial charge in [-0.25, -0.2) is 4.98 Å². The van der Waals surface area contributed by atoms with Crippen LogP contribution in [0.15, 0.2) is 59.8 Å². The number of nitrogens with zero attached hydrogens (tertiary/aromatic N) is 4. The zero-order valence-corrected chi connectivity index (χ0v) is 15.7. The Morgan fingerprint density at radius 1 is 1.07 bits per heavy atom. The molecular weight excluding hydrogens is 358 g/mol. The molecule has 6 nitrogen and oxygen atoms in total. The molecule has 0 aliphatic heterocycles. The predicted molar refractivity (Wildman–Crippen MR) is 107 cm³/mol. The topological polar surface area (TPSA) is 74.8 Å². The molecule has 2 aromatic heterocycles. The van der Waals surface area contributed by atoms with E-state index in [4.69, 9.17) is 0 Å². The van der Waals surface area contributed by atoms with E-state index in [1.54, 1.807) is 0 Å². The van der Waals surface area contributed by atoms with E-state index in [0.717, 1.165) is 22.0 Å². The standard InChI is InChI=1S/C20H19N5OS/c1-2-25(12-14-8-4-3-5-9-14)17(26)13-27-20-22-19-18(23-24-20)15-10-6-7-11-16(15)21-19/h3-11H,2,12-13H2,1H3,(H,21,22,24). The lowest BCUT2D eigenvalue weighted by Gasteiger charge is -2.20. The van der Waals surface area contributed by atoms with Crippen molar-refractivity contribution in [3.05, 3.63) is 60.2 Å². The molecule has 4 rings (SSSR count). The van der Waals surface area contributed by atoms with E-state index in [1.807, 2.05) is 66.4 Å². The summed E-state index contributed by atoms with van der Waals surface area (Å²) in [6.07, 6.45) is 0. The second-order valence-electron chi connectivity index (χ2n) is 6.14. The molecule has 2 heterocycles. The molecule has 0 atom stereocenters. The number of rotatable bonds is 6. The Labute approximate surface area is 161 Å². The second kappa shape index (κ2) is 7.75. The van der Waals surface area contributed by atoms with Gasteiger partial charge in [0, 0.05) is 24.0 Å². The van der Waals surface area contributed by atoms with Crippen LogP contribution in [0.5, 0.6) is 0 Å². The van der Waals surface area contributed by atoms with Crippen molar-refractivity contribution in [3.63, 3.8) is 0 Å². The van der Waals surface area contributed by atoms with Crippen molar-refractivity contribution in [2.45, 2.75) is 18.6 Å². The molecule has 0 aliphatic carbocycles. The van der Waals surface area contributed by atoms with E-state index in [1.165, 1.54) is 11.8 Å². The van der Waals surface area contributed by atoms with E-state index in [9.17, 15) is 4.79 Å². The van der Waals surface area contributed by atoms with E-state index >= 15 is 0 Å². The molecule has 1 amide bonds. The summed E-state index contributed by atoms with van der Waals surface area (Å²) in [5.41, 5.74) is 3.54. The van der Waals surface area contributed by atoms with Gasteiger partial charge in [-0.2, -0.15) is 0 Å². The third-order valence-electron chi connectivity index (χ3n) is 4.38. The van der Waals surface area contributed by atoms with Gasteiger partial charge in [-0.05, 0) is 18.6 Å². The molecule has 0 bridgehead atoms. The highest BCUT2D eigenvalue weighted by Crippen LogP contribution is 2.23. The zero-order chi connectivity index (χ0) is 18.6. The van der Waals surface area contributed by atoms with Crippen LogP contribution in [0.1, 0.15) is 12.5 Å². The summed E-state index contributed by atoms with van der Waals surface area (Å²) >= 11 is 1.31. The van der Waals surface area contributed by atoms with Gasteiger partial charge >= 0.3 is 0 Å². The SMILES string of the molecule is CCN(Cc1ccccc1)C(=O)CSc1nnc2c(n1)[nH]c1ccccc12. The van der Waals surface area contributed by atoms with Gasteiger partial charge in [-0.1, -0.05) is 60.3 Å². The molecule has 136 valence electrons. The van der Waals surface area contributed by atoms with E-state index in [-0.39, 0.29) is 11.7 Å². The Balaban J connectivity index is 1.45. The number of aromatic nitrogens is 4. The highest BCUT2D eigenvalue weighted by Gasteiger charge is 2.15. The molecule has 0 saturated carbocycles. The molecule has 0 fully saturated rings. The molecular formula is C20H19N5OS. The highest BCUT2D eigenvalue weighted by atomic mass is 32.2. The number of benzene rings is 2. The number of H-pyrrole nitrogens is 1. The number of carbonyl (C=O) groups is 1. The minimum Gasteiger partial charge on any atom is -0.338 e.